The zero-order chi connectivity index (χ0) is 15.6. The number of benzene rings is 1. The number of nitrogens with one attached hydrogen (secondary N) is 1. The maximum atomic E-state index is 12.6. The highest BCUT2D eigenvalue weighted by atomic mass is 16.5. The van der Waals surface area contributed by atoms with Gasteiger partial charge in [-0.1, -0.05) is 6.07 Å². The molecule has 0 spiro atoms. The summed E-state index contributed by atoms with van der Waals surface area (Å²) in [5.41, 5.74) is 1.67. The molecule has 0 bridgehead atoms. The van der Waals surface area contributed by atoms with Gasteiger partial charge in [0.15, 0.2) is 0 Å². The smallest absolute Gasteiger partial charge is 0.254 e. The van der Waals surface area contributed by atoms with Gasteiger partial charge in [-0.25, -0.2) is 4.98 Å². The van der Waals surface area contributed by atoms with Crippen LogP contribution in [0.5, 0.6) is 5.88 Å². The van der Waals surface area contributed by atoms with Crippen molar-refractivity contribution in [1.82, 2.24) is 19.9 Å². The molecule has 6 nitrogen and oxygen atoms in total. The van der Waals surface area contributed by atoms with Crippen LogP contribution in [-0.2, 0) is 0 Å². The third-order valence-corrected chi connectivity index (χ3v) is 4.06. The summed E-state index contributed by atoms with van der Waals surface area (Å²) in [5.74, 6) is 0.534. The molecule has 1 saturated heterocycles. The largest absolute Gasteiger partial charge is 0.471 e. The van der Waals surface area contributed by atoms with Gasteiger partial charge >= 0.3 is 0 Å². The molecule has 6 heteroatoms. The molecular formula is C17H16N4O2. The minimum absolute atomic E-state index is 0.0340. The summed E-state index contributed by atoms with van der Waals surface area (Å²) in [5, 5.41) is 1.10. The maximum Gasteiger partial charge on any atom is 0.254 e. The van der Waals surface area contributed by atoms with Crippen molar-refractivity contribution in [3.63, 3.8) is 0 Å². The van der Waals surface area contributed by atoms with Crippen LogP contribution in [0.3, 0.4) is 0 Å². The first-order chi connectivity index (χ1) is 11.3. The van der Waals surface area contributed by atoms with Gasteiger partial charge in [-0.15, -0.1) is 0 Å². The lowest BCUT2D eigenvalue weighted by Crippen LogP contribution is -2.31. The number of nitrogens with zero attached hydrogens (tertiary/aromatic N) is 3. The number of carbonyl (C=O) groups is 1. The van der Waals surface area contributed by atoms with Crippen molar-refractivity contribution >= 4 is 16.8 Å². The number of H-pyrrole nitrogens is 1. The molecule has 0 saturated carbocycles. The number of hydrogen-bond donors (Lipinski definition) is 1. The summed E-state index contributed by atoms with van der Waals surface area (Å²) in [7, 11) is 0. The van der Waals surface area contributed by atoms with E-state index in [0.717, 1.165) is 17.3 Å². The lowest BCUT2D eigenvalue weighted by atomic mass is 10.1. The first-order valence-corrected chi connectivity index (χ1v) is 7.59. The van der Waals surface area contributed by atoms with Gasteiger partial charge in [0.05, 0.1) is 12.7 Å². The number of amides is 1. The Bertz CT molecular complexity index is 831. The molecule has 23 heavy (non-hydrogen) atoms. The predicted octanol–water partition coefficient (Wildman–Crippen LogP) is 2.25. The Kier molecular flexibility index (Phi) is 3.42. The Morgan fingerprint density at radius 1 is 1.30 bits per heavy atom. The number of ether oxygens (including phenoxy) is 1. The van der Waals surface area contributed by atoms with E-state index in [4.69, 9.17) is 4.74 Å². The van der Waals surface area contributed by atoms with Gasteiger partial charge in [0, 0.05) is 42.6 Å². The molecule has 116 valence electrons. The van der Waals surface area contributed by atoms with Gasteiger partial charge in [-0.2, -0.15) is 0 Å². The predicted molar refractivity (Wildman–Crippen MR) is 85.3 cm³/mol. The summed E-state index contributed by atoms with van der Waals surface area (Å²) < 4.78 is 5.78. The fourth-order valence-corrected chi connectivity index (χ4v) is 2.89. The molecular weight excluding hydrogens is 292 g/mol. The summed E-state index contributed by atoms with van der Waals surface area (Å²) in [6.07, 6.45) is 7.42. The average Bonchev–Trinajstić information content (AvgIpc) is 3.23. The summed E-state index contributed by atoms with van der Waals surface area (Å²) in [6.45, 7) is 1.25. The van der Waals surface area contributed by atoms with Crippen LogP contribution < -0.4 is 4.74 Å². The Morgan fingerprint density at radius 3 is 3.13 bits per heavy atom. The number of aromatic amines is 1. The number of hydrogen-bond acceptors (Lipinski definition) is 4. The fraction of sp³-hybridized carbons (Fsp3) is 0.235. The van der Waals surface area contributed by atoms with Crippen molar-refractivity contribution in [2.24, 2.45) is 0 Å². The van der Waals surface area contributed by atoms with E-state index in [1.54, 1.807) is 18.6 Å². The molecule has 1 aliphatic heterocycles. The highest BCUT2D eigenvalue weighted by Crippen LogP contribution is 2.20. The van der Waals surface area contributed by atoms with Crippen molar-refractivity contribution in [3.8, 4) is 5.88 Å². The number of likely N-dealkylation sites (tertiary alicyclic amines) is 1. The van der Waals surface area contributed by atoms with Crippen LogP contribution in [0.2, 0.25) is 0 Å². The molecule has 1 aromatic carbocycles. The van der Waals surface area contributed by atoms with Gasteiger partial charge in [-0.05, 0) is 23.6 Å². The average molecular weight is 308 g/mol. The zero-order valence-corrected chi connectivity index (χ0v) is 12.5. The van der Waals surface area contributed by atoms with Crippen LogP contribution in [0.15, 0.2) is 49.1 Å². The number of carbonyl (C=O) groups excluding carboxylic acids is 1. The third kappa shape index (κ3) is 2.75. The molecule has 0 unspecified atom stereocenters. The van der Waals surface area contributed by atoms with E-state index in [1.165, 1.54) is 0 Å². The third-order valence-electron chi connectivity index (χ3n) is 4.06. The summed E-state index contributed by atoms with van der Waals surface area (Å²) >= 11 is 0. The lowest BCUT2D eigenvalue weighted by Gasteiger charge is -2.17. The Labute approximate surface area is 133 Å². The van der Waals surface area contributed by atoms with Crippen molar-refractivity contribution in [1.29, 1.82) is 0 Å². The number of fused-ring (bicyclic) bond motifs is 1. The van der Waals surface area contributed by atoms with E-state index in [1.807, 2.05) is 35.4 Å². The fourth-order valence-electron chi connectivity index (χ4n) is 2.89. The summed E-state index contributed by atoms with van der Waals surface area (Å²) in [4.78, 5) is 25.7. The van der Waals surface area contributed by atoms with E-state index in [0.29, 0.717) is 24.5 Å². The van der Waals surface area contributed by atoms with E-state index in [-0.39, 0.29) is 12.0 Å². The lowest BCUT2D eigenvalue weighted by molar-refractivity contribution is 0.0771. The van der Waals surface area contributed by atoms with Crippen LogP contribution in [0.25, 0.3) is 10.9 Å². The second-order valence-corrected chi connectivity index (χ2v) is 5.60. The van der Waals surface area contributed by atoms with Crippen molar-refractivity contribution in [2.75, 3.05) is 13.1 Å². The maximum absolute atomic E-state index is 12.6. The highest BCUT2D eigenvalue weighted by Gasteiger charge is 2.28. The van der Waals surface area contributed by atoms with Gasteiger partial charge in [0.1, 0.15) is 6.10 Å². The molecule has 1 atom stereocenters. The molecule has 1 N–H and O–H groups in total. The minimum Gasteiger partial charge on any atom is -0.471 e. The molecule has 1 aliphatic rings. The van der Waals surface area contributed by atoms with Gasteiger partial charge in [0.2, 0.25) is 5.88 Å². The molecule has 3 heterocycles. The van der Waals surface area contributed by atoms with E-state index in [9.17, 15) is 4.79 Å². The number of aromatic nitrogens is 3. The van der Waals surface area contributed by atoms with Crippen molar-refractivity contribution in [3.05, 3.63) is 54.6 Å². The molecule has 0 radical (unpaired) electrons. The molecule has 4 rings (SSSR count). The molecule has 0 aliphatic carbocycles. The molecule has 2 aromatic heterocycles. The van der Waals surface area contributed by atoms with Crippen LogP contribution in [-0.4, -0.2) is 45.0 Å². The Hall–Kier alpha value is -2.89. The number of rotatable bonds is 3. The van der Waals surface area contributed by atoms with Crippen LogP contribution in [0, 0.1) is 0 Å². The minimum atomic E-state index is -0.0372. The molecule has 1 amide bonds. The quantitative estimate of drug-likeness (QED) is 0.805. The highest BCUT2D eigenvalue weighted by molar-refractivity contribution is 5.98. The normalized spacial score (nSPS) is 17.6. The first kappa shape index (κ1) is 13.8. The van der Waals surface area contributed by atoms with Crippen LogP contribution in [0.1, 0.15) is 16.8 Å². The second-order valence-electron chi connectivity index (χ2n) is 5.60. The summed E-state index contributed by atoms with van der Waals surface area (Å²) in [6, 6.07) is 7.72. The Morgan fingerprint density at radius 2 is 2.26 bits per heavy atom. The SMILES string of the molecule is O=C(c1ccc2cc[nH]c2c1)N1CC[C@H](Oc2cnccn2)C1. The first-order valence-electron chi connectivity index (χ1n) is 7.59. The van der Waals surface area contributed by atoms with E-state index < -0.39 is 0 Å². The molecule has 1 fully saturated rings. The second kappa shape index (κ2) is 5.72. The van der Waals surface area contributed by atoms with E-state index >= 15 is 0 Å². The van der Waals surface area contributed by atoms with Crippen molar-refractivity contribution < 1.29 is 9.53 Å². The Balaban J connectivity index is 1.45. The molecule has 3 aromatic rings. The van der Waals surface area contributed by atoms with Gasteiger partial charge in [0.25, 0.3) is 5.91 Å². The van der Waals surface area contributed by atoms with Gasteiger partial charge < -0.3 is 14.6 Å². The zero-order valence-electron chi connectivity index (χ0n) is 12.5. The monoisotopic (exact) mass is 308 g/mol. The van der Waals surface area contributed by atoms with E-state index in [2.05, 4.69) is 15.0 Å². The van der Waals surface area contributed by atoms with Crippen LogP contribution in [0.4, 0.5) is 0 Å². The van der Waals surface area contributed by atoms with Crippen molar-refractivity contribution in [2.45, 2.75) is 12.5 Å². The topological polar surface area (TPSA) is 71.1 Å². The van der Waals surface area contributed by atoms with Crippen LogP contribution >= 0.6 is 0 Å². The standard InChI is InChI=1S/C17H16N4O2/c22-17(13-2-1-12-3-5-19-15(12)9-13)21-8-4-14(11-21)23-16-10-18-6-7-20-16/h1-3,5-7,9-10,14,19H,4,8,11H2/t14-/m0/s1. The van der Waals surface area contributed by atoms with Gasteiger partial charge in [-0.3, -0.25) is 9.78 Å².